The van der Waals surface area contributed by atoms with Crippen LogP contribution in [0.1, 0.15) is 44.1 Å². The van der Waals surface area contributed by atoms with Crippen molar-refractivity contribution in [2.75, 3.05) is 0 Å². The van der Waals surface area contributed by atoms with Crippen LogP contribution in [-0.4, -0.2) is 12.1 Å². The van der Waals surface area contributed by atoms with Crippen molar-refractivity contribution in [2.45, 2.75) is 50.6 Å². The van der Waals surface area contributed by atoms with Gasteiger partial charge in [0.1, 0.15) is 0 Å². The van der Waals surface area contributed by atoms with E-state index >= 15 is 0 Å². The average molecular weight is 250 g/mol. The van der Waals surface area contributed by atoms with Crippen LogP contribution in [-0.2, 0) is 0 Å². The van der Waals surface area contributed by atoms with Crippen LogP contribution in [0.2, 0.25) is 5.02 Å². The second-order valence-corrected chi connectivity index (χ2v) is 6.03. The second kappa shape index (κ2) is 4.62. The van der Waals surface area contributed by atoms with Gasteiger partial charge in [-0.1, -0.05) is 37.1 Å². The van der Waals surface area contributed by atoms with Gasteiger partial charge in [-0.15, -0.1) is 0 Å². The Labute approximate surface area is 109 Å². The van der Waals surface area contributed by atoms with Gasteiger partial charge in [-0.05, 0) is 48.8 Å². The summed E-state index contributed by atoms with van der Waals surface area (Å²) in [6.07, 6.45) is 5.30. The van der Waals surface area contributed by atoms with E-state index < -0.39 is 0 Å². The SMILES string of the molecule is CCC1CC1NC1CC(c2cccc(Cl)c2)C1. The zero-order valence-corrected chi connectivity index (χ0v) is 11.1. The highest BCUT2D eigenvalue weighted by Gasteiger charge is 2.40. The third-order valence-corrected chi connectivity index (χ3v) is 4.59. The first-order valence-electron chi connectivity index (χ1n) is 6.77. The van der Waals surface area contributed by atoms with Gasteiger partial charge in [0.25, 0.3) is 0 Å². The number of hydrogen-bond donors (Lipinski definition) is 1. The molecule has 1 N–H and O–H groups in total. The van der Waals surface area contributed by atoms with Gasteiger partial charge in [-0.2, -0.15) is 0 Å². The predicted octanol–water partition coefficient (Wildman–Crippen LogP) is 3.97. The Morgan fingerprint density at radius 2 is 2.12 bits per heavy atom. The summed E-state index contributed by atoms with van der Waals surface area (Å²) in [5.41, 5.74) is 1.42. The molecule has 0 aromatic heterocycles. The highest BCUT2D eigenvalue weighted by molar-refractivity contribution is 6.30. The highest BCUT2D eigenvalue weighted by atomic mass is 35.5. The van der Waals surface area contributed by atoms with Gasteiger partial charge in [-0.3, -0.25) is 0 Å². The molecule has 17 heavy (non-hydrogen) atoms. The van der Waals surface area contributed by atoms with Gasteiger partial charge in [0.15, 0.2) is 0 Å². The average Bonchev–Trinajstić information content (AvgIpc) is 3.01. The van der Waals surface area contributed by atoms with Gasteiger partial charge in [0, 0.05) is 17.1 Å². The van der Waals surface area contributed by atoms with E-state index in [2.05, 4.69) is 30.4 Å². The predicted molar refractivity (Wildman–Crippen MR) is 72.5 cm³/mol. The smallest absolute Gasteiger partial charge is 0.0408 e. The first-order valence-corrected chi connectivity index (χ1v) is 7.15. The van der Waals surface area contributed by atoms with Gasteiger partial charge in [0.2, 0.25) is 0 Å². The fraction of sp³-hybridized carbons (Fsp3) is 0.600. The van der Waals surface area contributed by atoms with Crippen LogP contribution in [0, 0.1) is 5.92 Å². The third kappa shape index (κ3) is 2.51. The van der Waals surface area contributed by atoms with Crippen LogP contribution in [0.15, 0.2) is 24.3 Å². The van der Waals surface area contributed by atoms with Crippen molar-refractivity contribution in [3.05, 3.63) is 34.9 Å². The molecule has 0 saturated heterocycles. The van der Waals surface area contributed by atoms with Crippen molar-refractivity contribution in [1.82, 2.24) is 5.32 Å². The van der Waals surface area contributed by atoms with Crippen molar-refractivity contribution >= 4 is 11.6 Å². The summed E-state index contributed by atoms with van der Waals surface area (Å²) in [5, 5.41) is 4.64. The normalized spacial score (nSPS) is 35.4. The van der Waals surface area contributed by atoms with Gasteiger partial charge in [-0.25, -0.2) is 0 Å². The second-order valence-electron chi connectivity index (χ2n) is 5.60. The largest absolute Gasteiger partial charge is 0.311 e. The van der Waals surface area contributed by atoms with Crippen molar-refractivity contribution in [3.8, 4) is 0 Å². The van der Waals surface area contributed by atoms with Gasteiger partial charge >= 0.3 is 0 Å². The Kier molecular flexibility index (Phi) is 3.14. The van der Waals surface area contributed by atoms with Crippen LogP contribution in [0.4, 0.5) is 0 Å². The third-order valence-electron chi connectivity index (χ3n) is 4.35. The Morgan fingerprint density at radius 3 is 2.76 bits per heavy atom. The molecule has 2 fully saturated rings. The Balaban J connectivity index is 1.48. The van der Waals surface area contributed by atoms with E-state index in [4.69, 9.17) is 11.6 Å². The lowest BCUT2D eigenvalue weighted by Crippen LogP contribution is -2.41. The number of nitrogens with one attached hydrogen (secondary N) is 1. The highest BCUT2D eigenvalue weighted by Crippen LogP contribution is 2.41. The molecule has 1 aromatic rings. The standard InChI is InChI=1S/C15H20ClN/c1-2-10-9-15(10)17-14-7-12(8-14)11-4-3-5-13(16)6-11/h3-6,10,12,14-15,17H,2,7-9H2,1H3. The summed E-state index contributed by atoms with van der Waals surface area (Å²) in [6.45, 7) is 2.29. The van der Waals surface area contributed by atoms with Crippen LogP contribution >= 0.6 is 11.6 Å². The van der Waals surface area contributed by atoms with E-state index in [0.717, 1.165) is 28.9 Å². The quantitative estimate of drug-likeness (QED) is 0.851. The first-order chi connectivity index (χ1) is 8.26. The van der Waals surface area contributed by atoms with E-state index in [0.29, 0.717) is 0 Å². The number of halogens is 1. The van der Waals surface area contributed by atoms with Crippen LogP contribution in [0.5, 0.6) is 0 Å². The monoisotopic (exact) mass is 249 g/mol. The van der Waals surface area contributed by atoms with Crippen LogP contribution in [0.25, 0.3) is 0 Å². The minimum atomic E-state index is 0.727. The fourth-order valence-corrected chi connectivity index (χ4v) is 3.19. The molecule has 0 heterocycles. The van der Waals surface area contributed by atoms with Crippen molar-refractivity contribution in [2.24, 2.45) is 5.92 Å². The zero-order valence-electron chi connectivity index (χ0n) is 10.3. The molecule has 92 valence electrons. The van der Waals surface area contributed by atoms with Crippen LogP contribution < -0.4 is 5.32 Å². The molecule has 0 radical (unpaired) electrons. The maximum absolute atomic E-state index is 6.02. The maximum Gasteiger partial charge on any atom is 0.0408 e. The molecule has 1 aromatic carbocycles. The Morgan fingerprint density at radius 1 is 1.29 bits per heavy atom. The van der Waals surface area contributed by atoms with Gasteiger partial charge < -0.3 is 5.32 Å². The molecule has 0 amide bonds. The van der Waals surface area contributed by atoms with Crippen LogP contribution in [0.3, 0.4) is 0 Å². The minimum Gasteiger partial charge on any atom is -0.311 e. The molecular weight excluding hydrogens is 230 g/mol. The topological polar surface area (TPSA) is 12.0 Å². The van der Waals surface area contributed by atoms with E-state index in [1.807, 2.05) is 6.07 Å². The molecule has 2 aliphatic carbocycles. The molecule has 0 bridgehead atoms. The molecule has 3 rings (SSSR count). The van der Waals surface area contributed by atoms with E-state index in [9.17, 15) is 0 Å². The molecule has 2 unspecified atom stereocenters. The lowest BCUT2D eigenvalue weighted by Gasteiger charge is -2.36. The molecule has 2 heteroatoms. The fourth-order valence-electron chi connectivity index (χ4n) is 2.99. The number of rotatable bonds is 4. The Hall–Kier alpha value is -0.530. The molecule has 0 spiro atoms. The lowest BCUT2D eigenvalue weighted by atomic mass is 9.76. The van der Waals surface area contributed by atoms with Crippen molar-refractivity contribution in [1.29, 1.82) is 0 Å². The molecule has 2 saturated carbocycles. The van der Waals surface area contributed by atoms with E-state index in [1.165, 1.54) is 31.2 Å². The number of hydrogen-bond acceptors (Lipinski definition) is 1. The molecular formula is C15H20ClN. The van der Waals surface area contributed by atoms with Crippen molar-refractivity contribution in [3.63, 3.8) is 0 Å². The molecule has 2 aliphatic rings. The first kappa shape index (κ1) is 11.6. The summed E-state index contributed by atoms with van der Waals surface area (Å²) >= 11 is 6.02. The summed E-state index contributed by atoms with van der Waals surface area (Å²) in [5.74, 6) is 1.69. The molecule has 2 atom stereocenters. The molecule has 1 nitrogen and oxygen atoms in total. The van der Waals surface area contributed by atoms with Crippen molar-refractivity contribution < 1.29 is 0 Å². The molecule has 0 aliphatic heterocycles. The lowest BCUT2D eigenvalue weighted by molar-refractivity contribution is 0.285. The van der Waals surface area contributed by atoms with E-state index in [1.54, 1.807) is 0 Å². The van der Waals surface area contributed by atoms with E-state index in [-0.39, 0.29) is 0 Å². The number of benzene rings is 1. The summed E-state index contributed by atoms with van der Waals surface area (Å²) < 4.78 is 0. The minimum absolute atomic E-state index is 0.727. The Bertz CT molecular complexity index is 398. The summed E-state index contributed by atoms with van der Waals surface area (Å²) in [7, 11) is 0. The maximum atomic E-state index is 6.02. The van der Waals surface area contributed by atoms with Gasteiger partial charge in [0.05, 0.1) is 0 Å². The summed E-state index contributed by atoms with van der Waals surface area (Å²) in [4.78, 5) is 0. The summed E-state index contributed by atoms with van der Waals surface area (Å²) in [6, 6.07) is 9.92. The zero-order chi connectivity index (χ0) is 11.8.